The van der Waals surface area contributed by atoms with E-state index in [1.54, 1.807) is 22.7 Å². The Balaban J connectivity index is 1.60. The zero-order valence-corrected chi connectivity index (χ0v) is 19.6. The molecule has 1 aromatic rings. The van der Waals surface area contributed by atoms with Crippen LogP contribution in [-0.4, -0.2) is 65.8 Å². The Morgan fingerprint density at radius 3 is 2.74 bits per heavy atom. The SMILES string of the molecule is CCOc1ccc(S(=O)(=O)N2CCCCC2)cc1NC(=O)[C@@H]1CS[C@]2(C)CCC(=O)N12. The molecule has 0 bridgehead atoms. The summed E-state index contributed by atoms with van der Waals surface area (Å²) in [7, 11) is -3.65. The Labute approximate surface area is 187 Å². The molecule has 31 heavy (non-hydrogen) atoms. The number of fused-ring (bicyclic) bond motifs is 1. The largest absolute Gasteiger partial charge is 0.492 e. The maximum atomic E-state index is 13.1. The van der Waals surface area contributed by atoms with Crippen molar-refractivity contribution in [3.8, 4) is 5.75 Å². The van der Waals surface area contributed by atoms with E-state index in [1.165, 1.54) is 16.4 Å². The van der Waals surface area contributed by atoms with Crippen LogP contribution >= 0.6 is 11.8 Å². The van der Waals surface area contributed by atoms with E-state index in [0.29, 0.717) is 43.3 Å². The Morgan fingerprint density at radius 1 is 1.29 bits per heavy atom. The van der Waals surface area contributed by atoms with Gasteiger partial charge < -0.3 is 15.0 Å². The molecular weight excluding hydrogens is 438 g/mol. The number of carbonyl (C=O) groups excluding carboxylic acids is 2. The molecule has 0 aliphatic carbocycles. The first-order chi connectivity index (χ1) is 14.8. The highest BCUT2D eigenvalue weighted by Crippen LogP contribution is 2.47. The minimum Gasteiger partial charge on any atom is -0.492 e. The molecule has 0 saturated carbocycles. The van der Waals surface area contributed by atoms with Gasteiger partial charge in [-0.05, 0) is 51.3 Å². The van der Waals surface area contributed by atoms with Crippen LogP contribution in [0.25, 0.3) is 0 Å². The van der Waals surface area contributed by atoms with Gasteiger partial charge in [0.15, 0.2) is 0 Å². The zero-order chi connectivity index (χ0) is 22.2. The van der Waals surface area contributed by atoms with Crippen molar-refractivity contribution in [2.75, 3.05) is 30.8 Å². The van der Waals surface area contributed by atoms with E-state index in [9.17, 15) is 18.0 Å². The van der Waals surface area contributed by atoms with Crippen LogP contribution in [0.1, 0.15) is 46.0 Å². The molecule has 1 aromatic carbocycles. The van der Waals surface area contributed by atoms with Gasteiger partial charge >= 0.3 is 0 Å². The zero-order valence-electron chi connectivity index (χ0n) is 17.9. The number of piperidine rings is 1. The van der Waals surface area contributed by atoms with E-state index in [1.807, 2.05) is 13.8 Å². The third-order valence-electron chi connectivity index (χ3n) is 6.21. The molecule has 1 N–H and O–H groups in total. The smallest absolute Gasteiger partial charge is 0.248 e. The third kappa shape index (κ3) is 4.17. The van der Waals surface area contributed by atoms with Gasteiger partial charge in [0.25, 0.3) is 0 Å². The van der Waals surface area contributed by atoms with Gasteiger partial charge in [0, 0.05) is 25.3 Å². The molecule has 2 atom stereocenters. The first-order valence-electron chi connectivity index (χ1n) is 10.8. The summed E-state index contributed by atoms with van der Waals surface area (Å²) in [5, 5.41) is 2.85. The number of hydrogen-bond donors (Lipinski definition) is 1. The van der Waals surface area contributed by atoms with Crippen LogP contribution in [0.15, 0.2) is 23.1 Å². The molecule has 0 radical (unpaired) electrons. The Bertz CT molecular complexity index is 977. The van der Waals surface area contributed by atoms with Crippen LogP contribution in [0.2, 0.25) is 0 Å². The average molecular weight is 468 g/mol. The highest BCUT2D eigenvalue weighted by atomic mass is 32.2. The monoisotopic (exact) mass is 467 g/mol. The molecule has 3 saturated heterocycles. The lowest BCUT2D eigenvalue weighted by Crippen LogP contribution is -2.48. The average Bonchev–Trinajstić information content (AvgIpc) is 3.25. The molecule has 0 aromatic heterocycles. The number of nitrogens with one attached hydrogen (secondary N) is 1. The molecule has 0 spiro atoms. The van der Waals surface area contributed by atoms with Crippen molar-refractivity contribution in [1.82, 2.24) is 9.21 Å². The second kappa shape index (κ2) is 8.63. The van der Waals surface area contributed by atoms with Crippen LogP contribution in [-0.2, 0) is 19.6 Å². The molecule has 170 valence electrons. The molecular formula is C21H29N3O5S2. The first-order valence-corrected chi connectivity index (χ1v) is 13.2. The van der Waals surface area contributed by atoms with Crippen molar-refractivity contribution in [1.29, 1.82) is 0 Å². The number of benzene rings is 1. The minimum absolute atomic E-state index is 0.0147. The lowest BCUT2D eigenvalue weighted by molar-refractivity contribution is -0.135. The molecule has 2 amide bonds. The summed E-state index contributed by atoms with van der Waals surface area (Å²) in [4.78, 5) is 27.0. The summed E-state index contributed by atoms with van der Waals surface area (Å²) >= 11 is 1.62. The van der Waals surface area contributed by atoms with Gasteiger partial charge in [0.2, 0.25) is 21.8 Å². The van der Waals surface area contributed by atoms with E-state index < -0.39 is 16.1 Å². The number of hydrogen-bond acceptors (Lipinski definition) is 6. The number of nitrogens with zero attached hydrogens (tertiary/aromatic N) is 2. The number of thioether (sulfide) groups is 1. The third-order valence-corrected chi connectivity index (χ3v) is 9.61. The maximum absolute atomic E-state index is 13.1. The van der Waals surface area contributed by atoms with Crippen LogP contribution < -0.4 is 10.1 Å². The summed E-state index contributed by atoms with van der Waals surface area (Å²) in [5.74, 6) is 0.595. The summed E-state index contributed by atoms with van der Waals surface area (Å²) < 4.78 is 33.3. The molecule has 4 rings (SSSR count). The van der Waals surface area contributed by atoms with Gasteiger partial charge in [-0.25, -0.2) is 8.42 Å². The predicted molar refractivity (Wildman–Crippen MR) is 120 cm³/mol. The highest BCUT2D eigenvalue weighted by molar-refractivity contribution is 8.01. The van der Waals surface area contributed by atoms with Crippen molar-refractivity contribution in [3.05, 3.63) is 18.2 Å². The topological polar surface area (TPSA) is 96.0 Å². The van der Waals surface area contributed by atoms with E-state index in [-0.39, 0.29) is 21.6 Å². The lowest BCUT2D eigenvalue weighted by Gasteiger charge is -2.30. The number of amides is 2. The van der Waals surface area contributed by atoms with Gasteiger partial charge in [0.05, 0.1) is 22.1 Å². The number of anilines is 1. The fourth-order valence-electron chi connectivity index (χ4n) is 4.53. The Kier molecular flexibility index (Phi) is 6.24. The van der Waals surface area contributed by atoms with Gasteiger partial charge in [-0.1, -0.05) is 6.42 Å². The fraction of sp³-hybridized carbons (Fsp3) is 0.619. The van der Waals surface area contributed by atoms with Gasteiger partial charge in [-0.15, -0.1) is 11.8 Å². The number of rotatable bonds is 6. The van der Waals surface area contributed by atoms with Crippen molar-refractivity contribution in [3.63, 3.8) is 0 Å². The van der Waals surface area contributed by atoms with Gasteiger partial charge in [0.1, 0.15) is 11.8 Å². The van der Waals surface area contributed by atoms with Crippen LogP contribution in [0, 0.1) is 0 Å². The highest BCUT2D eigenvalue weighted by Gasteiger charge is 2.53. The second-order valence-electron chi connectivity index (χ2n) is 8.31. The van der Waals surface area contributed by atoms with Crippen molar-refractivity contribution >= 4 is 39.3 Å². The quantitative estimate of drug-likeness (QED) is 0.691. The summed E-state index contributed by atoms with van der Waals surface area (Å²) in [6, 6.07) is 4.00. The van der Waals surface area contributed by atoms with E-state index in [4.69, 9.17) is 4.74 Å². The molecule has 10 heteroatoms. The molecule has 0 unspecified atom stereocenters. The van der Waals surface area contributed by atoms with Crippen LogP contribution in [0.3, 0.4) is 0 Å². The van der Waals surface area contributed by atoms with Crippen molar-refractivity contribution < 1.29 is 22.7 Å². The lowest BCUT2D eigenvalue weighted by atomic mass is 10.2. The van der Waals surface area contributed by atoms with Crippen LogP contribution in [0.5, 0.6) is 5.75 Å². The van der Waals surface area contributed by atoms with Gasteiger partial charge in [-0.2, -0.15) is 4.31 Å². The Morgan fingerprint density at radius 2 is 2.03 bits per heavy atom. The standard InChI is InChI=1S/C21H29N3O5S2/c1-3-29-18-8-7-15(31(27,28)23-11-5-4-6-12-23)13-16(18)22-20(26)17-14-30-21(2)10-9-19(25)24(17)21/h7-8,13,17H,3-6,9-12,14H2,1-2H3,(H,22,26)/t17-,21+/m0/s1. The molecule has 3 fully saturated rings. The number of ether oxygens (including phenoxy) is 1. The predicted octanol–water partition coefficient (Wildman–Crippen LogP) is 2.65. The minimum atomic E-state index is -3.65. The number of sulfonamides is 1. The second-order valence-corrected chi connectivity index (χ2v) is 11.7. The summed E-state index contributed by atoms with van der Waals surface area (Å²) in [5.41, 5.74) is 0.315. The van der Waals surface area contributed by atoms with Crippen LogP contribution in [0.4, 0.5) is 5.69 Å². The molecule has 3 aliphatic rings. The van der Waals surface area contributed by atoms with E-state index >= 15 is 0 Å². The fourth-order valence-corrected chi connectivity index (χ4v) is 7.51. The van der Waals surface area contributed by atoms with Crippen molar-refractivity contribution in [2.24, 2.45) is 0 Å². The first kappa shape index (κ1) is 22.4. The Hall–Kier alpha value is -1.78. The summed E-state index contributed by atoms with van der Waals surface area (Å²) in [6.07, 6.45) is 3.91. The maximum Gasteiger partial charge on any atom is 0.248 e. The van der Waals surface area contributed by atoms with Gasteiger partial charge in [-0.3, -0.25) is 9.59 Å². The number of carbonyl (C=O) groups is 2. The normalized spacial score (nSPS) is 26.7. The van der Waals surface area contributed by atoms with E-state index in [0.717, 1.165) is 25.7 Å². The molecule has 8 nitrogen and oxygen atoms in total. The summed E-state index contributed by atoms with van der Waals surface area (Å²) in [6.45, 7) is 5.21. The molecule has 3 heterocycles. The van der Waals surface area contributed by atoms with Crippen molar-refractivity contribution in [2.45, 2.75) is 61.8 Å². The van der Waals surface area contributed by atoms with E-state index in [2.05, 4.69) is 5.32 Å². The molecule has 3 aliphatic heterocycles.